The zero-order valence-corrected chi connectivity index (χ0v) is 18.8. The fourth-order valence-corrected chi connectivity index (χ4v) is 3.78. The number of hydrogen-bond acceptors (Lipinski definition) is 8. The van der Waals surface area contributed by atoms with E-state index in [0.29, 0.717) is 28.6 Å². The molecule has 9 nitrogen and oxygen atoms in total. The molecule has 0 saturated heterocycles. The number of anilines is 2. The van der Waals surface area contributed by atoms with E-state index in [9.17, 15) is 13.2 Å². The van der Waals surface area contributed by atoms with Gasteiger partial charge in [0.1, 0.15) is 23.5 Å². The number of aromatic nitrogens is 4. The number of nitrogen functional groups attached to an aromatic ring is 1. The van der Waals surface area contributed by atoms with E-state index < -0.39 is 23.5 Å². The standard InChI is InChI=1S/C23H21F3N8O/c1-3-19(18(33-28)9-29-13-4-5-15(24)16(25)7-13)34-10-14(20-21(27)31-11-32-22(20)34)12-6-17(26)23(35-2)30-8-12/h4-11,19,28-29H,3H2,1-2H3,(H2,27,31,32)/b18-9-,33-28?. The number of ether oxygens (including phenoxy) is 1. The van der Waals surface area contributed by atoms with Crippen LogP contribution in [0.15, 0.2) is 60.0 Å². The van der Waals surface area contributed by atoms with Gasteiger partial charge in [0.2, 0.25) is 5.88 Å². The third-order valence-electron chi connectivity index (χ3n) is 5.45. The molecule has 0 spiro atoms. The van der Waals surface area contributed by atoms with Crippen LogP contribution in [0.3, 0.4) is 0 Å². The van der Waals surface area contributed by atoms with Gasteiger partial charge in [-0.2, -0.15) is 5.11 Å². The normalized spacial score (nSPS) is 12.5. The molecule has 1 aromatic carbocycles. The molecular weight excluding hydrogens is 461 g/mol. The number of halogens is 3. The lowest BCUT2D eigenvalue weighted by Crippen LogP contribution is -2.11. The molecule has 3 aromatic heterocycles. The maximum absolute atomic E-state index is 14.4. The van der Waals surface area contributed by atoms with Crippen molar-refractivity contribution in [1.29, 1.82) is 5.53 Å². The highest BCUT2D eigenvalue weighted by Crippen LogP contribution is 2.37. The molecule has 0 radical (unpaired) electrons. The molecule has 12 heteroatoms. The van der Waals surface area contributed by atoms with Crippen molar-refractivity contribution in [2.24, 2.45) is 5.11 Å². The average molecular weight is 482 g/mol. The maximum Gasteiger partial charge on any atom is 0.250 e. The van der Waals surface area contributed by atoms with E-state index in [1.807, 2.05) is 6.92 Å². The van der Waals surface area contributed by atoms with Gasteiger partial charge >= 0.3 is 0 Å². The van der Waals surface area contributed by atoms with Gasteiger partial charge in [-0.05, 0) is 24.6 Å². The summed E-state index contributed by atoms with van der Waals surface area (Å²) in [7, 11) is 1.32. The zero-order valence-electron chi connectivity index (χ0n) is 18.8. The second kappa shape index (κ2) is 9.79. The molecule has 1 atom stereocenters. The number of methoxy groups -OCH3 is 1. The highest BCUT2D eigenvalue weighted by molar-refractivity contribution is 6.00. The Hall–Kier alpha value is -4.48. The van der Waals surface area contributed by atoms with Crippen LogP contribution >= 0.6 is 0 Å². The minimum atomic E-state index is -1.01. The van der Waals surface area contributed by atoms with E-state index in [2.05, 4.69) is 25.4 Å². The highest BCUT2D eigenvalue weighted by atomic mass is 19.2. The molecule has 180 valence electrons. The summed E-state index contributed by atoms with van der Waals surface area (Å²) < 4.78 is 47.8. The lowest BCUT2D eigenvalue weighted by molar-refractivity contribution is 0.369. The molecule has 1 unspecified atom stereocenters. The van der Waals surface area contributed by atoms with E-state index >= 15 is 0 Å². The Morgan fingerprint density at radius 3 is 2.66 bits per heavy atom. The van der Waals surface area contributed by atoms with E-state index in [4.69, 9.17) is 16.0 Å². The van der Waals surface area contributed by atoms with Crippen molar-refractivity contribution in [1.82, 2.24) is 19.5 Å². The first-order valence-corrected chi connectivity index (χ1v) is 10.5. The first kappa shape index (κ1) is 23.7. The van der Waals surface area contributed by atoms with Crippen LogP contribution in [-0.2, 0) is 0 Å². The third kappa shape index (κ3) is 4.50. The molecule has 0 amide bonds. The molecule has 0 saturated carbocycles. The van der Waals surface area contributed by atoms with Crippen LogP contribution in [0, 0.1) is 23.0 Å². The van der Waals surface area contributed by atoms with Crippen molar-refractivity contribution in [2.75, 3.05) is 18.2 Å². The molecule has 0 aliphatic carbocycles. The van der Waals surface area contributed by atoms with E-state index in [-0.39, 0.29) is 23.1 Å². The first-order valence-electron chi connectivity index (χ1n) is 10.5. The predicted octanol–water partition coefficient (Wildman–Crippen LogP) is 5.44. The largest absolute Gasteiger partial charge is 0.479 e. The Bertz CT molecular complexity index is 1440. The molecule has 4 aromatic rings. The van der Waals surface area contributed by atoms with Crippen LogP contribution < -0.4 is 15.8 Å². The lowest BCUT2D eigenvalue weighted by atomic mass is 10.1. The molecule has 4 N–H and O–H groups in total. The van der Waals surface area contributed by atoms with Gasteiger partial charge in [0.25, 0.3) is 0 Å². The molecule has 0 aliphatic rings. The first-order chi connectivity index (χ1) is 16.9. The summed E-state index contributed by atoms with van der Waals surface area (Å²) in [6.45, 7) is 1.88. The molecule has 4 rings (SSSR count). The number of rotatable bonds is 8. The van der Waals surface area contributed by atoms with Crippen LogP contribution in [0.4, 0.5) is 24.7 Å². The highest BCUT2D eigenvalue weighted by Gasteiger charge is 2.23. The van der Waals surface area contributed by atoms with Crippen molar-refractivity contribution in [3.05, 3.63) is 72.3 Å². The van der Waals surface area contributed by atoms with Gasteiger partial charge in [-0.3, -0.25) is 0 Å². The van der Waals surface area contributed by atoms with Gasteiger partial charge in [-0.25, -0.2) is 33.7 Å². The molecule has 0 bridgehead atoms. The van der Waals surface area contributed by atoms with Crippen LogP contribution in [0.25, 0.3) is 22.2 Å². The van der Waals surface area contributed by atoms with Gasteiger partial charge in [0.05, 0.1) is 18.5 Å². The van der Waals surface area contributed by atoms with Gasteiger partial charge in [-0.15, -0.1) is 0 Å². The monoisotopic (exact) mass is 482 g/mol. The Morgan fingerprint density at radius 1 is 1.20 bits per heavy atom. The summed E-state index contributed by atoms with van der Waals surface area (Å²) in [5.74, 6) is -2.58. The summed E-state index contributed by atoms with van der Waals surface area (Å²) in [4.78, 5) is 12.4. The Labute approximate surface area is 198 Å². The number of benzene rings is 1. The number of nitrogens with one attached hydrogen (secondary N) is 2. The van der Waals surface area contributed by atoms with E-state index in [0.717, 1.165) is 12.1 Å². The number of allylic oxidation sites excluding steroid dienone is 1. The molecule has 3 heterocycles. The quantitative estimate of drug-likeness (QED) is 0.287. The predicted molar refractivity (Wildman–Crippen MR) is 124 cm³/mol. The van der Waals surface area contributed by atoms with Gasteiger partial charge in [0.15, 0.2) is 17.5 Å². The van der Waals surface area contributed by atoms with Crippen LogP contribution in [0.5, 0.6) is 5.88 Å². The fourth-order valence-electron chi connectivity index (χ4n) is 3.78. The third-order valence-corrected chi connectivity index (χ3v) is 5.45. The minimum absolute atomic E-state index is 0.144. The average Bonchev–Trinajstić information content (AvgIpc) is 3.24. The van der Waals surface area contributed by atoms with Gasteiger partial charge < -0.3 is 20.4 Å². The Kier molecular flexibility index (Phi) is 6.62. The SMILES string of the molecule is CCC(/C(=C/Nc1ccc(F)c(F)c1)N=N)n1cc(-c2cnc(OC)c(F)c2)c2c(N)ncnc21. The Morgan fingerprint density at radius 2 is 2.00 bits per heavy atom. The molecule has 35 heavy (non-hydrogen) atoms. The van der Waals surface area contributed by atoms with Crippen LogP contribution in [0.2, 0.25) is 0 Å². The maximum atomic E-state index is 14.4. The second-order valence-electron chi connectivity index (χ2n) is 7.50. The number of pyridine rings is 1. The fraction of sp³-hybridized carbons (Fsp3) is 0.174. The van der Waals surface area contributed by atoms with Crippen molar-refractivity contribution in [2.45, 2.75) is 19.4 Å². The van der Waals surface area contributed by atoms with Crippen LogP contribution in [0.1, 0.15) is 19.4 Å². The van der Waals surface area contributed by atoms with Gasteiger partial charge in [0, 0.05) is 41.5 Å². The number of nitrogens with two attached hydrogens (primary N) is 1. The number of fused-ring (bicyclic) bond motifs is 1. The van der Waals surface area contributed by atoms with Crippen molar-refractivity contribution >= 4 is 22.5 Å². The zero-order chi connectivity index (χ0) is 25.1. The number of hydrogen-bond donors (Lipinski definition) is 3. The molecule has 0 fully saturated rings. The van der Waals surface area contributed by atoms with E-state index in [1.165, 1.54) is 38.0 Å². The van der Waals surface area contributed by atoms with Crippen LogP contribution in [-0.4, -0.2) is 26.6 Å². The van der Waals surface area contributed by atoms with Crippen molar-refractivity contribution < 1.29 is 17.9 Å². The molecule has 0 aliphatic heterocycles. The topological polar surface area (TPSA) is 127 Å². The summed E-state index contributed by atoms with van der Waals surface area (Å²) in [6.07, 6.45) is 6.38. The number of nitrogens with zero attached hydrogens (tertiary/aromatic N) is 5. The lowest BCUT2D eigenvalue weighted by Gasteiger charge is -2.18. The van der Waals surface area contributed by atoms with E-state index in [1.54, 1.807) is 10.8 Å². The summed E-state index contributed by atoms with van der Waals surface area (Å²) >= 11 is 0. The van der Waals surface area contributed by atoms with Crippen molar-refractivity contribution in [3.8, 4) is 17.0 Å². The Balaban J connectivity index is 1.81. The summed E-state index contributed by atoms with van der Waals surface area (Å²) in [5.41, 5.74) is 15.8. The van der Waals surface area contributed by atoms with Gasteiger partial charge in [-0.1, -0.05) is 6.92 Å². The minimum Gasteiger partial charge on any atom is -0.479 e. The van der Waals surface area contributed by atoms with Crippen molar-refractivity contribution in [3.63, 3.8) is 0 Å². The molecular formula is C23H21F3N8O. The summed E-state index contributed by atoms with van der Waals surface area (Å²) in [5, 5.41) is 6.96. The second-order valence-corrected chi connectivity index (χ2v) is 7.50. The summed E-state index contributed by atoms with van der Waals surface area (Å²) in [6, 6.07) is 4.12. The smallest absolute Gasteiger partial charge is 0.250 e.